The molecule has 1 aromatic rings. The average molecular weight is 378 g/mol. The van der Waals surface area contributed by atoms with E-state index in [4.69, 9.17) is 4.74 Å². The summed E-state index contributed by atoms with van der Waals surface area (Å²) in [6, 6.07) is 6.57. The molecule has 2 rings (SSSR count). The second kappa shape index (κ2) is 9.20. The van der Waals surface area contributed by atoms with Crippen molar-refractivity contribution in [2.75, 3.05) is 26.7 Å². The zero-order valence-electron chi connectivity index (χ0n) is 16.8. The van der Waals surface area contributed by atoms with Crippen LogP contribution in [0.1, 0.15) is 45.6 Å². The molecule has 0 atom stereocenters. The van der Waals surface area contributed by atoms with Crippen LogP contribution < -0.4 is 0 Å². The molecule has 1 saturated heterocycles. The molecule has 0 N–H and O–H groups in total. The number of amides is 2. The highest BCUT2D eigenvalue weighted by Crippen LogP contribution is 2.21. The van der Waals surface area contributed by atoms with Gasteiger partial charge in [-0.25, -0.2) is 9.18 Å². The van der Waals surface area contributed by atoms with Crippen molar-refractivity contribution >= 4 is 12.0 Å². The van der Waals surface area contributed by atoms with E-state index < -0.39 is 5.60 Å². The van der Waals surface area contributed by atoms with Crippen LogP contribution >= 0.6 is 0 Å². The average Bonchev–Trinajstić information content (AvgIpc) is 2.60. The third-order valence-corrected chi connectivity index (χ3v) is 4.79. The lowest BCUT2D eigenvalue weighted by molar-refractivity contribution is -0.130. The Hall–Kier alpha value is -2.11. The molecule has 1 aliphatic rings. The molecule has 0 aromatic heterocycles. The van der Waals surface area contributed by atoms with Gasteiger partial charge >= 0.3 is 6.09 Å². The fourth-order valence-electron chi connectivity index (χ4n) is 3.25. The molecule has 6 heteroatoms. The van der Waals surface area contributed by atoms with Crippen LogP contribution in [0.4, 0.5) is 9.18 Å². The third-order valence-electron chi connectivity index (χ3n) is 4.79. The molecule has 0 aliphatic carbocycles. The third kappa shape index (κ3) is 6.85. The van der Waals surface area contributed by atoms with Crippen molar-refractivity contribution in [2.24, 2.45) is 5.92 Å². The number of piperidine rings is 1. The monoisotopic (exact) mass is 378 g/mol. The molecule has 27 heavy (non-hydrogen) atoms. The maximum Gasteiger partial charge on any atom is 0.410 e. The predicted molar refractivity (Wildman–Crippen MR) is 103 cm³/mol. The second-order valence-corrected chi connectivity index (χ2v) is 8.28. The van der Waals surface area contributed by atoms with Crippen molar-refractivity contribution in [3.05, 3.63) is 35.6 Å². The van der Waals surface area contributed by atoms with E-state index in [2.05, 4.69) is 0 Å². The van der Waals surface area contributed by atoms with E-state index in [0.717, 1.165) is 12.8 Å². The smallest absolute Gasteiger partial charge is 0.410 e. The molecule has 0 spiro atoms. The minimum absolute atomic E-state index is 0.0211. The van der Waals surface area contributed by atoms with E-state index in [1.54, 1.807) is 35.0 Å². The van der Waals surface area contributed by atoms with Crippen molar-refractivity contribution in [1.29, 1.82) is 0 Å². The number of hydrogen-bond acceptors (Lipinski definition) is 3. The van der Waals surface area contributed by atoms with Gasteiger partial charge in [-0.2, -0.15) is 0 Å². The Morgan fingerprint density at radius 1 is 1.22 bits per heavy atom. The van der Waals surface area contributed by atoms with Gasteiger partial charge in [-0.3, -0.25) is 4.79 Å². The molecular formula is C21H31FN2O3. The van der Waals surface area contributed by atoms with Gasteiger partial charge in [-0.05, 0) is 57.6 Å². The summed E-state index contributed by atoms with van der Waals surface area (Å²) in [7, 11) is 1.80. The number of aryl methyl sites for hydroxylation is 1. The first-order valence-corrected chi connectivity index (χ1v) is 9.61. The van der Waals surface area contributed by atoms with E-state index in [0.29, 0.717) is 44.0 Å². The Bertz CT molecular complexity index is 649. The van der Waals surface area contributed by atoms with Crippen LogP contribution in [-0.2, 0) is 16.0 Å². The minimum atomic E-state index is -0.487. The van der Waals surface area contributed by atoms with Crippen LogP contribution in [0.3, 0.4) is 0 Å². The van der Waals surface area contributed by atoms with E-state index in [9.17, 15) is 14.0 Å². The number of rotatable bonds is 5. The largest absolute Gasteiger partial charge is 0.444 e. The summed E-state index contributed by atoms with van der Waals surface area (Å²) in [4.78, 5) is 27.9. The van der Waals surface area contributed by atoms with E-state index >= 15 is 0 Å². The summed E-state index contributed by atoms with van der Waals surface area (Å²) in [5, 5.41) is 0. The highest BCUT2D eigenvalue weighted by molar-refractivity contribution is 5.76. The molecule has 1 aliphatic heterocycles. The summed E-state index contributed by atoms with van der Waals surface area (Å²) in [5.74, 6) is 0.126. The van der Waals surface area contributed by atoms with Crippen molar-refractivity contribution < 1.29 is 18.7 Å². The molecule has 0 bridgehead atoms. The zero-order valence-corrected chi connectivity index (χ0v) is 16.8. The lowest BCUT2D eigenvalue weighted by Gasteiger charge is -2.34. The molecule has 1 fully saturated rings. The Morgan fingerprint density at radius 3 is 2.44 bits per heavy atom. The normalized spacial score (nSPS) is 15.5. The topological polar surface area (TPSA) is 49.9 Å². The first kappa shape index (κ1) is 21.2. The number of carbonyl (C=O) groups excluding carboxylic acids is 2. The van der Waals surface area contributed by atoms with Crippen LogP contribution in [0.15, 0.2) is 24.3 Å². The highest BCUT2D eigenvalue weighted by Gasteiger charge is 2.27. The van der Waals surface area contributed by atoms with Gasteiger partial charge in [0.05, 0.1) is 0 Å². The molecule has 2 amide bonds. The summed E-state index contributed by atoms with van der Waals surface area (Å²) in [6.07, 6.45) is 2.14. The maximum atomic E-state index is 13.7. The summed E-state index contributed by atoms with van der Waals surface area (Å²) in [6.45, 7) is 7.55. The minimum Gasteiger partial charge on any atom is -0.444 e. The number of halogens is 1. The van der Waals surface area contributed by atoms with Crippen molar-refractivity contribution in [3.63, 3.8) is 0 Å². The van der Waals surface area contributed by atoms with Gasteiger partial charge < -0.3 is 14.5 Å². The lowest BCUT2D eigenvalue weighted by Crippen LogP contribution is -2.44. The van der Waals surface area contributed by atoms with Crippen molar-refractivity contribution in [1.82, 2.24) is 9.80 Å². The number of benzene rings is 1. The van der Waals surface area contributed by atoms with Crippen molar-refractivity contribution in [3.8, 4) is 0 Å². The number of likely N-dealkylation sites (tertiary alicyclic amines) is 1. The molecular weight excluding hydrogens is 347 g/mol. The van der Waals surface area contributed by atoms with Gasteiger partial charge in [-0.1, -0.05) is 18.2 Å². The first-order chi connectivity index (χ1) is 12.7. The highest BCUT2D eigenvalue weighted by atomic mass is 19.1. The Balaban J connectivity index is 1.73. The van der Waals surface area contributed by atoms with Crippen LogP contribution in [0, 0.1) is 11.7 Å². The van der Waals surface area contributed by atoms with Gasteiger partial charge in [-0.15, -0.1) is 0 Å². The Kier molecular flexibility index (Phi) is 7.22. The first-order valence-electron chi connectivity index (χ1n) is 9.61. The predicted octanol–water partition coefficient (Wildman–Crippen LogP) is 3.86. The fraction of sp³-hybridized carbons (Fsp3) is 0.619. The fourth-order valence-corrected chi connectivity index (χ4v) is 3.25. The Labute approximate surface area is 161 Å². The van der Waals surface area contributed by atoms with Crippen molar-refractivity contribution in [2.45, 2.75) is 52.1 Å². The van der Waals surface area contributed by atoms with Crippen LogP contribution in [0.25, 0.3) is 0 Å². The number of ether oxygens (including phenoxy) is 1. The van der Waals surface area contributed by atoms with Gasteiger partial charge in [0.2, 0.25) is 5.91 Å². The van der Waals surface area contributed by atoms with Crippen LogP contribution in [-0.4, -0.2) is 54.1 Å². The van der Waals surface area contributed by atoms with E-state index in [-0.39, 0.29) is 17.8 Å². The van der Waals surface area contributed by atoms with Crippen LogP contribution in [0.2, 0.25) is 0 Å². The van der Waals surface area contributed by atoms with Gasteiger partial charge in [0.1, 0.15) is 11.4 Å². The number of carbonyl (C=O) groups is 2. The maximum absolute atomic E-state index is 13.7. The molecule has 0 unspecified atom stereocenters. The standard InChI is InChI=1S/C21H31FN2O3/c1-21(2,3)27-20(26)24-13-11-16(12-14-24)15-23(4)19(25)10-9-17-7-5-6-8-18(17)22/h5-8,16H,9-15H2,1-4H3. The quantitative estimate of drug-likeness (QED) is 0.782. The molecule has 0 saturated carbocycles. The molecule has 0 radical (unpaired) electrons. The van der Waals surface area contributed by atoms with Gasteiger partial charge in [0.15, 0.2) is 0 Å². The zero-order chi connectivity index (χ0) is 20.0. The number of hydrogen-bond donors (Lipinski definition) is 0. The summed E-state index contributed by atoms with van der Waals surface area (Å²) in [5.41, 5.74) is 0.0867. The van der Waals surface area contributed by atoms with E-state index in [1.807, 2.05) is 20.8 Å². The van der Waals surface area contributed by atoms with Crippen LogP contribution in [0.5, 0.6) is 0 Å². The second-order valence-electron chi connectivity index (χ2n) is 8.28. The molecule has 1 aromatic carbocycles. The van der Waals surface area contributed by atoms with Gasteiger partial charge in [0.25, 0.3) is 0 Å². The number of nitrogens with zero attached hydrogens (tertiary/aromatic N) is 2. The Morgan fingerprint density at radius 2 is 1.85 bits per heavy atom. The molecule has 150 valence electrons. The molecule has 5 nitrogen and oxygen atoms in total. The van der Waals surface area contributed by atoms with E-state index in [1.165, 1.54) is 6.07 Å². The SMILES string of the molecule is CN(CC1CCN(C(=O)OC(C)(C)C)CC1)C(=O)CCc1ccccc1F. The summed E-state index contributed by atoms with van der Waals surface area (Å²) < 4.78 is 19.1. The summed E-state index contributed by atoms with van der Waals surface area (Å²) >= 11 is 0. The lowest BCUT2D eigenvalue weighted by atomic mass is 9.96. The molecule has 1 heterocycles. The van der Waals surface area contributed by atoms with Gasteiger partial charge in [0, 0.05) is 33.1 Å².